The third-order valence-corrected chi connectivity index (χ3v) is 7.09. The first-order valence-electron chi connectivity index (χ1n) is 9.13. The van der Waals surface area contributed by atoms with Crippen molar-refractivity contribution in [2.24, 2.45) is 0 Å². The third-order valence-electron chi connectivity index (χ3n) is 5.19. The monoisotopic (exact) mass is 401 g/mol. The van der Waals surface area contributed by atoms with Gasteiger partial charge in [-0.15, -0.1) is 0 Å². The first kappa shape index (κ1) is 18.9. The first-order chi connectivity index (χ1) is 13.5. The molecule has 2 aliphatic rings. The van der Waals surface area contributed by atoms with E-state index in [9.17, 15) is 12.8 Å². The first-order valence-corrected chi connectivity index (χ1v) is 10.6. The summed E-state index contributed by atoms with van der Waals surface area (Å²) in [6.45, 7) is 2.62. The van der Waals surface area contributed by atoms with Gasteiger partial charge in [0.25, 0.3) is 0 Å². The van der Waals surface area contributed by atoms with Crippen LogP contribution < -0.4 is 4.90 Å². The topological polar surface area (TPSA) is 73.6 Å². The van der Waals surface area contributed by atoms with Crippen LogP contribution in [0.3, 0.4) is 0 Å². The molecule has 0 unspecified atom stereocenters. The summed E-state index contributed by atoms with van der Waals surface area (Å²) >= 11 is 0. The van der Waals surface area contributed by atoms with Crippen molar-refractivity contribution in [3.63, 3.8) is 0 Å². The molecule has 1 saturated heterocycles. The molecule has 0 radical (unpaired) electrons. The van der Waals surface area contributed by atoms with Gasteiger partial charge in [0.05, 0.1) is 29.7 Å². The molecule has 0 aliphatic carbocycles. The molecular formula is C20H20FN3O3S. The normalized spacial score (nSPS) is 17.4. The van der Waals surface area contributed by atoms with E-state index < -0.39 is 15.8 Å². The average Bonchev–Trinajstić information content (AvgIpc) is 3.12. The molecule has 2 heterocycles. The van der Waals surface area contributed by atoms with Crippen molar-refractivity contribution in [2.75, 3.05) is 37.7 Å². The van der Waals surface area contributed by atoms with E-state index in [2.05, 4.69) is 0 Å². The zero-order valence-corrected chi connectivity index (χ0v) is 16.1. The van der Waals surface area contributed by atoms with Gasteiger partial charge in [-0.1, -0.05) is 6.07 Å². The third kappa shape index (κ3) is 3.49. The van der Waals surface area contributed by atoms with E-state index in [1.54, 1.807) is 30.3 Å². The Morgan fingerprint density at radius 1 is 1.11 bits per heavy atom. The molecular weight excluding hydrogens is 381 g/mol. The molecule has 2 aromatic carbocycles. The van der Waals surface area contributed by atoms with Crippen molar-refractivity contribution in [3.8, 4) is 6.07 Å². The Balaban J connectivity index is 1.56. The maximum atomic E-state index is 14.2. The van der Waals surface area contributed by atoms with Crippen LogP contribution in [0.15, 0.2) is 41.3 Å². The number of sulfonamides is 1. The Bertz CT molecular complexity index is 1040. The summed E-state index contributed by atoms with van der Waals surface area (Å²) in [5.41, 5.74) is 2.67. The maximum Gasteiger partial charge on any atom is 0.243 e. The van der Waals surface area contributed by atoms with Crippen molar-refractivity contribution in [2.45, 2.75) is 17.9 Å². The lowest BCUT2D eigenvalue weighted by atomic mass is 10.1. The fourth-order valence-electron chi connectivity index (χ4n) is 3.66. The molecule has 146 valence electrons. The largest absolute Gasteiger partial charge is 0.379 e. The van der Waals surface area contributed by atoms with E-state index >= 15 is 0 Å². The molecule has 0 aromatic heterocycles. The Labute approximate surface area is 163 Å². The molecule has 0 saturated carbocycles. The van der Waals surface area contributed by atoms with Crippen molar-refractivity contribution in [1.82, 2.24) is 4.31 Å². The fourth-order valence-corrected chi connectivity index (χ4v) is 5.12. The number of halogens is 1. The molecule has 4 rings (SSSR count). The molecule has 28 heavy (non-hydrogen) atoms. The van der Waals surface area contributed by atoms with E-state index in [1.165, 1.54) is 10.4 Å². The molecule has 0 spiro atoms. The standard InChI is InChI=1S/C20H20FN3O3S/c21-19-11-15(13-22)1-2-17(19)14-23-6-5-16-12-18(3-4-20(16)23)28(25,26)24-7-9-27-10-8-24/h1-4,11-12H,5-10,14H2. The van der Waals surface area contributed by atoms with Crippen molar-refractivity contribution >= 4 is 15.7 Å². The number of morpholine rings is 1. The summed E-state index contributed by atoms with van der Waals surface area (Å²) in [5.74, 6) is -0.404. The van der Waals surface area contributed by atoms with Gasteiger partial charge in [0.15, 0.2) is 0 Å². The minimum absolute atomic E-state index is 0.291. The van der Waals surface area contributed by atoms with Crippen LogP contribution in [0.25, 0.3) is 0 Å². The molecule has 0 N–H and O–H groups in total. The quantitative estimate of drug-likeness (QED) is 0.786. The number of nitrogens with zero attached hydrogens (tertiary/aromatic N) is 3. The lowest BCUT2D eigenvalue weighted by Crippen LogP contribution is -2.40. The van der Waals surface area contributed by atoms with Crippen LogP contribution in [0, 0.1) is 17.1 Å². The van der Waals surface area contributed by atoms with Gasteiger partial charge in [0.1, 0.15) is 5.82 Å². The number of rotatable bonds is 4. The van der Waals surface area contributed by atoms with Crippen molar-refractivity contribution in [1.29, 1.82) is 5.26 Å². The number of anilines is 1. The zero-order valence-electron chi connectivity index (χ0n) is 15.3. The Kier molecular flexibility index (Phi) is 5.06. The molecule has 6 nitrogen and oxygen atoms in total. The van der Waals surface area contributed by atoms with Crippen LogP contribution in [-0.2, 0) is 27.7 Å². The van der Waals surface area contributed by atoms with Gasteiger partial charge < -0.3 is 9.64 Å². The van der Waals surface area contributed by atoms with E-state index in [1.807, 2.05) is 11.0 Å². The maximum absolute atomic E-state index is 14.2. The SMILES string of the molecule is N#Cc1ccc(CN2CCc3cc(S(=O)(=O)N4CCOCC4)ccc32)c(F)c1. The van der Waals surface area contributed by atoms with E-state index in [4.69, 9.17) is 10.00 Å². The van der Waals surface area contributed by atoms with Crippen LogP contribution in [0.2, 0.25) is 0 Å². The molecule has 0 amide bonds. The number of hydrogen-bond donors (Lipinski definition) is 0. The molecule has 2 aliphatic heterocycles. The highest BCUT2D eigenvalue weighted by atomic mass is 32.2. The lowest BCUT2D eigenvalue weighted by molar-refractivity contribution is 0.0730. The second kappa shape index (κ2) is 7.51. The Morgan fingerprint density at radius 2 is 1.89 bits per heavy atom. The molecule has 0 atom stereocenters. The number of fused-ring (bicyclic) bond motifs is 1. The molecule has 2 aromatic rings. The molecule has 8 heteroatoms. The highest BCUT2D eigenvalue weighted by Crippen LogP contribution is 2.32. The minimum Gasteiger partial charge on any atom is -0.379 e. The van der Waals surface area contributed by atoms with Gasteiger partial charge in [0.2, 0.25) is 10.0 Å². The second-order valence-electron chi connectivity index (χ2n) is 6.90. The number of benzene rings is 2. The number of ether oxygens (including phenoxy) is 1. The van der Waals surface area contributed by atoms with Gasteiger partial charge >= 0.3 is 0 Å². The highest BCUT2D eigenvalue weighted by molar-refractivity contribution is 7.89. The number of nitriles is 1. The summed E-state index contributed by atoms with van der Waals surface area (Å²) in [7, 11) is -3.53. The predicted octanol–water partition coefficient (Wildman–Crippen LogP) is 2.28. The summed E-state index contributed by atoms with van der Waals surface area (Å²) in [6, 6.07) is 11.6. The van der Waals surface area contributed by atoms with Gasteiger partial charge in [-0.3, -0.25) is 0 Å². The zero-order chi connectivity index (χ0) is 19.7. The summed E-state index contributed by atoms with van der Waals surface area (Å²) in [5, 5.41) is 8.87. The summed E-state index contributed by atoms with van der Waals surface area (Å²) in [4.78, 5) is 2.32. The fraction of sp³-hybridized carbons (Fsp3) is 0.350. The smallest absolute Gasteiger partial charge is 0.243 e. The van der Waals surface area contributed by atoms with Gasteiger partial charge in [-0.25, -0.2) is 12.8 Å². The van der Waals surface area contributed by atoms with E-state index in [0.29, 0.717) is 61.8 Å². The van der Waals surface area contributed by atoms with Crippen LogP contribution in [0.5, 0.6) is 0 Å². The molecule has 1 fully saturated rings. The van der Waals surface area contributed by atoms with Crippen LogP contribution in [0.4, 0.5) is 10.1 Å². The summed E-state index contributed by atoms with van der Waals surface area (Å²) in [6.07, 6.45) is 0.708. The van der Waals surface area contributed by atoms with Gasteiger partial charge in [0, 0.05) is 37.4 Å². The lowest BCUT2D eigenvalue weighted by Gasteiger charge is -2.26. The number of hydrogen-bond acceptors (Lipinski definition) is 5. The molecule has 0 bridgehead atoms. The minimum atomic E-state index is -3.53. The van der Waals surface area contributed by atoms with Crippen molar-refractivity contribution in [3.05, 3.63) is 58.9 Å². The Morgan fingerprint density at radius 3 is 2.61 bits per heavy atom. The van der Waals surface area contributed by atoms with Crippen LogP contribution >= 0.6 is 0 Å². The van der Waals surface area contributed by atoms with E-state index in [-0.39, 0.29) is 0 Å². The van der Waals surface area contributed by atoms with Crippen LogP contribution in [0.1, 0.15) is 16.7 Å². The van der Waals surface area contributed by atoms with Gasteiger partial charge in [-0.2, -0.15) is 9.57 Å². The highest BCUT2D eigenvalue weighted by Gasteiger charge is 2.28. The van der Waals surface area contributed by atoms with Gasteiger partial charge in [-0.05, 0) is 42.3 Å². The van der Waals surface area contributed by atoms with Crippen molar-refractivity contribution < 1.29 is 17.5 Å². The average molecular weight is 401 g/mol. The second-order valence-corrected chi connectivity index (χ2v) is 8.83. The summed E-state index contributed by atoms with van der Waals surface area (Å²) < 4.78 is 46.6. The Hall–Kier alpha value is -2.47. The van der Waals surface area contributed by atoms with Crippen LogP contribution in [-0.4, -0.2) is 45.6 Å². The predicted molar refractivity (Wildman–Crippen MR) is 102 cm³/mol. The van der Waals surface area contributed by atoms with E-state index in [0.717, 1.165) is 11.3 Å².